The standard InChI is InChI=1S/C14H26N2OS/c1-2-18-13-8-4-7-12(13)16-14(17)11-6-3-5-10(11)9-15/h10-13H,2-9,15H2,1H3,(H,16,17)/t10-,11-,12?,13?/m1/s1. The zero-order valence-electron chi connectivity index (χ0n) is 11.4. The quantitative estimate of drug-likeness (QED) is 0.805. The Labute approximate surface area is 115 Å². The summed E-state index contributed by atoms with van der Waals surface area (Å²) in [6, 6.07) is 0.404. The molecule has 2 rings (SSSR count). The smallest absolute Gasteiger partial charge is 0.223 e. The van der Waals surface area contributed by atoms with Crippen LogP contribution >= 0.6 is 11.8 Å². The maximum absolute atomic E-state index is 12.3. The van der Waals surface area contributed by atoms with Gasteiger partial charge in [-0.25, -0.2) is 0 Å². The van der Waals surface area contributed by atoms with Gasteiger partial charge in [-0.05, 0) is 43.9 Å². The van der Waals surface area contributed by atoms with Gasteiger partial charge in [-0.1, -0.05) is 19.8 Å². The third kappa shape index (κ3) is 3.21. The minimum absolute atomic E-state index is 0.183. The highest BCUT2D eigenvalue weighted by Gasteiger charge is 2.35. The van der Waals surface area contributed by atoms with E-state index in [1.54, 1.807) is 0 Å². The molecule has 0 bridgehead atoms. The lowest BCUT2D eigenvalue weighted by Crippen LogP contribution is -2.43. The SMILES string of the molecule is CCSC1CCCC1NC(=O)[C@@H]1CCC[C@@H]1CN. The maximum atomic E-state index is 12.3. The van der Waals surface area contributed by atoms with Crippen LogP contribution in [0, 0.1) is 11.8 Å². The van der Waals surface area contributed by atoms with Gasteiger partial charge < -0.3 is 11.1 Å². The molecule has 3 N–H and O–H groups in total. The summed E-state index contributed by atoms with van der Waals surface area (Å²) >= 11 is 2.00. The first-order valence-corrected chi connectivity index (χ1v) is 8.43. The number of amides is 1. The molecule has 2 fully saturated rings. The first kappa shape index (κ1) is 14.2. The molecule has 2 aliphatic carbocycles. The van der Waals surface area contributed by atoms with Crippen molar-refractivity contribution < 1.29 is 4.79 Å². The van der Waals surface area contributed by atoms with Crippen LogP contribution in [0.5, 0.6) is 0 Å². The molecule has 4 atom stereocenters. The van der Waals surface area contributed by atoms with Gasteiger partial charge in [-0.2, -0.15) is 11.8 Å². The van der Waals surface area contributed by atoms with Crippen molar-refractivity contribution in [1.29, 1.82) is 0 Å². The normalized spacial score (nSPS) is 35.9. The second-order valence-electron chi connectivity index (χ2n) is 5.57. The minimum atomic E-state index is 0.183. The van der Waals surface area contributed by atoms with Gasteiger partial charge in [0.25, 0.3) is 0 Å². The number of nitrogens with two attached hydrogens (primary N) is 1. The molecule has 1 amide bonds. The van der Waals surface area contributed by atoms with Gasteiger partial charge in [0.1, 0.15) is 0 Å². The molecule has 0 heterocycles. The third-order valence-corrected chi connectivity index (χ3v) is 5.79. The predicted octanol–water partition coefficient (Wildman–Crippen LogP) is 2.15. The summed E-state index contributed by atoms with van der Waals surface area (Å²) in [5.74, 6) is 2.02. The Morgan fingerprint density at radius 1 is 1.28 bits per heavy atom. The van der Waals surface area contributed by atoms with Gasteiger partial charge >= 0.3 is 0 Å². The topological polar surface area (TPSA) is 55.1 Å². The number of rotatable bonds is 5. The van der Waals surface area contributed by atoms with Crippen LogP contribution in [0.15, 0.2) is 0 Å². The first-order valence-electron chi connectivity index (χ1n) is 7.38. The van der Waals surface area contributed by atoms with E-state index in [0.29, 0.717) is 23.8 Å². The van der Waals surface area contributed by atoms with Gasteiger partial charge in [0.2, 0.25) is 5.91 Å². The van der Waals surface area contributed by atoms with Crippen LogP contribution in [0.2, 0.25) is 0 Å². The lowest BCUT2D eigenvalue weighted by atomic mass is 9.95. The van der Waals surface area contributed by atoms with Gasteiger partial charge in [0.15, 0.2) is 0 Å². The molecule has 0 aromatic heterocycles. The molecule has 4 heteroatoms. The lowest BCUT2D eigenvalue weighted by Gasteiger charge is -2.24. The lowest BCUT2D eigenvalue weighted by molar-refractivity contribution is -0.126. The number of nitrogens with one attached hydrogen (secondary N) is 1. The molecule has 0 saturated heterocycles. The molecule has 0 aromatic carbocycles. The maximum Gasteiger partial charge on any atom is 0.223 e. The average molecular weight is 270 g/mol. The second kappa shape index (κ2) is 6.80. The number of thioether (sulfide) groups is 1. The molecule has 18 heavy (non-hydrogen) atoms. The van der Waals surface area contributed by atoms with Crippen LogP contribution in [-0.4, -0.2) is 29.5 Å². The minimum Gasteiger partial charge on any atom is -0.352 e. The highest BCUT2D eigenvalue weighted by atomic mass is 32.2. The fourth-order valence-electron chi connectivity index (χ4n) is 3.46. The van der Waals surface area contributed by atoms with E-state index in [9.17, 15) is 4.79 Å². The van der Waals surface area contributed by atoms with Crippen LogP contribution in [0.1, 0.15) is 45.4 Å². The molecule has 3 nitrogen and oxygen atoms in total. The second-order valence-corrected chi connectivity index (χ2v) is 7.09. The predicted molar refractivity (Wildman–Crippen MR) is 77.6 cm³/mol. The Morgan fingerprint density at radius 2 is 2.06 bits per heavy atom. The van der Waals surface area contributed by atoms with E-state index in [4.69, 9.17) is 5.73 Å². The van der Waals surface area contributed by atoms with Crippen LogP contribution in [0.25, 0.3) is 0 Å². The van der Waals surface area contributed by atoms with E-state index >= 15 is 0 Å². The molecule has 0 radical (unpaired) electrons. The molecule has 2 saturated carbocycles. The highest BCUT2D eigenvalue weighted by molar-refractivity contribution is 7.99. The summed E-state index contributed by atoms with van der Waals surface area (Å²) in [6.07, 6.45) is 7.00. The summed E-state index contributed by atoms with van der Waals surface area (Å²) in [6.45, 7) is 2.86. The molecule has 0 aliphatic heterocycles. The molecular weight excluding hydrogens is 244 g/mol. The summed E-state index contributed by atoms with van der Waals surface area (Å²) in [5, 5.41) is 3.94. The largest absolute Gasteiger partial charge is 0.352 e. The summed E-state index contributed by atoms with van der Waals surface area (Å²) in [5.41, 5.74) is 5.76. The Balaban J connectivity index is 1.86. The van der Waals surface area contributed by atoms with E-state index in [2.05, 4.69) is 12.2 Å². The number of carbonyl (C=O) groups is 1. The Morgan fingerprint density at radius 3 is 2.78 bits per heavy atom. The van der Waals surface area contributed by atoms with Crippen molar-refractivity contribution in [3.05, 3.63) is 0 Å². The van der Waals surface area contributed by atoms with E-state index in [-0.39, 0.29) is 11.8 Å². The van der Waals surface area contributed by atoms with E-state index < -0.39 is 0 Å². The van der Waals surface area contributed by atoms with Crippen molar-refractivity contribution in [2.24, 2.45) is 17.6 Å². The van der Waals surface area contributed by atoms with E-state index in [0.717, 1.165) is 31.4 Å². The van der Waals surface area contributed by atoms with Crippen molar-refractivity contribution >= 4 is 17.7 Å². The van der Waals surface area contributed by atoms with Crippen molar-refractivity contribution in [2.45, 2.75) is 56.7 Å². The molecule has 2 aliphatic rings. The van der Waals surface area contributed by atoms with Crippen LogP contribution < -0.4 is 11.1 Å². The number of hydrogen-bond acceptors (Lipinski definition) is 3. The summed E-state index contributed by atoms with van der Waals surface area (Å²) in [7, 11) is 0. The van der Waals surface area contributed by atoms with Gasteiger partial charge in [0.05, 0.1) is 0 Å². The molecular formula is C14H26N2OS. The summed E-state index contributed by atoms with van der Waals surface area (Å²) in [4.78, 5) is 12.3. The monoisotopic (exact) mass is 270 g/mol. The van der Waals surface area contributed by atoms with Gasteiger partial charge in [-0.15, -0.1) is 0 Å². The highest BCUT2D eigenvalue weighted by Crippen LogP contribution is 2.33. The van der Waals surface area contributed by atoms with E-state index in [1.165, 1.54) is 12.8 Å². The van der Waals surface area contributed by atoms with Crippen LogP contribution in [0.3, 0.4) is 0 Å². The van der Waals surface area contributed by atoms with Crippen molar-refractivity contribution in [3.8, 4) is 0 Å². The van der Waals surface area contributed by atoms with Crippen molar-refractivity contribution in [1.82, 2.24) is 5.32 Å². The Hall–Kier alpha value is -0.220. The summed E-state index contributed by atoms with van der Waals surface area (Å²) < 4.78 is 0. The molecule has 0 spiro atoms. The van der Waals surface area contributed by atoms with Crippen molar-refractivity contribution in [2.75, 3.05) is 12.3 Å². The molecule has 2 unspecified atom stereocenters. The van der Waals surface area contributed by atoms with Crippen LogP contribution in [-0.2, 0) is 4.79 Å². The van der Waals surface area contributed by atoms with Crippen molar-refractivity contribution in [3.63, 3.8) is 0 Å². The average Bonchev–Trinajstić information content (AvgIpc) is 2.98. The fraction of sp³-hybridized carbons (Fsp3) is 0.929. The molecule has 104 valence electrons. The van der Waals surface area contributed by atoms with Gasteiger partial charge in [0, 0.05) is 17.2 Å². The Bertz CT molecular complexity index is 285. The van der Waals surface area contributed by atoms with Gasteiger partial charge in [-0.3, -0.25) is 4.79 Å². The van der Waals surface area contributed by atoms with Crippen LogP contribution in [0.4, 0.5) is 0 Å². The van der Waals surface area contributed by atoms with E-state index in [1.807, 2.05) is 11.8 Å². The Kier molecular flexibility index (Phi) is 5.37. The fourth-order valence-corrected chi connectivity index (χ4v) is 4.66. The molecule has 0 aromatic rings. The first-order chi connectivity index (χ1) is 8.76. The third-order valence-electron chi connectivity index (χ3n) is 4.46. The zero-order chi connectivity index (χ0) is 13.0. The zero-order valence-corrected chi connectivity index (χ0v) is 12.2. The number of hydrogen-bond donors (Lipinski definition) is 2. The number of carbonyl (C=O) groups excluding carboxylic acids is 1.